The highest BCUT2D eigenvalue weighted by Crippen LogP contribution is 2.27. The third-order valence-corrected chi connectivity index (χ3v) is 4.39. The molecule has 0 radical (unpaired) electrons. The van der Waals surface area contributed by atoms with E-state index in [0.29, 0.717) is 47.7 Å². The predicted molar refractivity (Wildman–Crippen MR) is 95.3 cm³/mol. The van der Waals surface area contributed by atoms with E-state index in [0.717, 1.165) is 6.41 Å². The van der Waals surface area contributed by atoms with Crippen molar-refractivity contribution in [2.75, 3.05) is 31.5 Å². The smallest absolute Gasteiger partial charge is 0.274 e. The minimum absolute atomic E-state index is 0.203. The van der Waals surface area contributed by atoms with E-state index in [4.69, 9.17) is 23.2 Å². The zero-order chi connectivity index (χ0) is 17.8. The maximum absolute atomic E-state index is 12.4. The molecule has 3 rings (SSSR count). The van der Waals surface area contributed by atoms with E-state index in [1.807, 2.05) is 0 Å². The highest BCUT2D eigenvalue weighted by molar-refractivity contribution is 6.35. The summed E-state index contributed by atoms with van der Waals surface area (Å²) in [6.45, 7) is 2.01. The van der Waals surface area contributed by atoms with Crippen LogP contribution in [0.3, 0.4) is 0 Å². The molecule has 2 heterocycles. The third kappa shape index (κ3) is 4.18. The Labute approximate surface area is 154 Å². The van der Waals surface area contributed by atoms with Gasteiger partial charge in [-0.3, -0.25) is 9.59 Å². The van der Waals surface area contributed by atoms with E-state index in [1.165, 1.54) is 0 Å². The number of nitrogens with zero attached hydrogens (tertiary/aromatic N) is 4. The number of amides is 2. The van der Waals surface area contributed by atoms with E-state index < -0.39 is 0 Å². The van der Waals surface area contributed by atoms with E-state index in [-0.39, 0.29) is 11.6 Å². The fourth-order valence-electron chi connectivity index (χ4n) is 2.44. The number of carbonyl (C=O) groups is 2. The molecule has 1 aliphatic heterocycles. The first-order valence-corrected chi connectivity index (χ1v) is 8.37. The van der Waals surface area contributed by atoms with E-state index >= 15 is 0 Å². The molecule has 7 nitrogen and oxygen atoms in total. The second-order valence-electron chi connectivity index (χ2n) is 5.49. The standard InChI is InChI=1S/C16H15Cl2N5O2/c17-11-1-2-12(18)14(9-11)19-15-4-3-13(20-21-15)16(25)23-7-5-22(10-24)6-8-23/h1-4,9-10H,5-8H2,(H,19,21). The zero-order valence-corrected chi connectivity index (χ0v) is 14.7. The lowest BCUT2D eigenvalue weighted by atomic mass is 10.2. The van der Waals surface area contributed by atoms with Crippen molar-refractivity contribution in [3.63, 3.8) is 0 Å². The molecule has 1 fully saturated rings. The molecular weight excluding hydrogens is 365 g/mol. The number of benzene rings is 1. The van der Waals surface area contributed by atoms with Crippen LogP contribution >= 0.6 is 23.2 Å². The summed E-state index contributed by atoms with van der Waals surface area (Å²) in [4.78, 5) is 26.4. The molecule has 1 aromatic heterocycles. The molecule has 2 amide bonds. The number of nitrogens with one attached hydrogen (secondary N) is 1. The topological polar surface area (TPSA) is 78.4 Å². The molecule has 0 saturated carbocycles. The van der Waals surface area contributed by atoms with Crippen LogP contribution in [0.4, 0.5) is 11.5 Å². The van der Waals surface area contributed by atoms with Crippen LogP contribution in [0.5, 0.6) is 0 Å². The van der Waals surface area contributed by atoms with E-state index in [2.05, 4.69) is 15.5 Å². The summed E-state index contributed by atoms with van der Waals surface area (Å²) in [6.07, 6.45) is 0.795. The minimum atomic E-state index is -0.203. The normalized spacial score (nSPS) is 14.3. The van der Waals surface area contributed by atoms with Crippen molar-refractivity contribution in [3.05, 3.63) is 46.1 Å². The van der Waals surface area contributed by atoms with Crippen LogP contribution in [-0.4, -0.2) is 58.5 Å². The van der Waals surface area contributed by atoms with Gasteiger partial charge in [0.05, 0.1) is 10.7 Å². The average Bonchev–Trinajstić information content (AvgIpc) is 2.65. The van der Waals surface area contributed by atoms with Crippen LogP contribution in [0.25, 0.3) is 0 Å². The predicted octanol–water partition coefficient (Wildman–Crippen LogP) is 2.44. The Morgan fingerprint density at radius 1 is 1.08 bits per heavy atom. The van der Waals surface area contributed by atoms with E-state index in [1.54, 1.807) is 40.1 Å². The number of hydrogen-bond donors (Lipinski definition) is 1. The molecule has 0 aliphatic carbocycles. The monoisotopic (exact) mass is 379 g/mol. The van der Waals surface area contributed by atoms with Gasteiger partial charge in [-0.25, -0.2) is 0 Å². The van der Waals surface area contributed by atoms with Gasteiger partial charge >= 0.3 is 0 Å². The molecule has 0 unspecified atom stereocenters. The highest BCUT2D eigenvalue weighted by atomic mass is 35.5. The van der Waals surface area contributed by atoms with Gasteiger partial charge in [0.25, 0.3) is 5.91 Å². The Morgan fingerprint density at radius 3 is 2.48 bits per heavy atom. The van der Waals surface area contributed by atoms with Crippen molar-refractivity contribution in [3.8, 4) is 0 Å². The van der Waals surface area contributed by atoms with Gasteiger partial charge in [-0.05, 0) is 30.3 Å². The molecule has 1 aliphatic rings. The summed E-state index contributed by atoms with van der Waals surface area (Å²) < 4.78 is 0. The third-order valence-electron chi connectivity index (χ3n) is 3.83. The molecule has 0 spiro atoms. The first-order valence-electron chi connectivity index (χ1n) is 7.61. The molecule has 25 heavy (non-hydrogen) atoms. The van der Waals surface area contributed by atoms with Gasteiger partial charge in [0.2, 0.25) is 6.41 Å². The maximum Gasteiger partial charge on any atom is 0.274 e. The summed E-state index contributed by atoms with van der Waals surface area (Å²) in [5, 5.41) is 12.0. The van der Waals surface area contributed by atoms with Crippen LogP contribution in [0, 0.1) is 0 Å². The first kappa shape index (κ1) is 17.4. The molecular formula is C16H15Cl2N5O2. The van der Waals surface area contributed by atoms with Gasteiger partial charge in [0, 0.05) is 31.2 Å². The lowest BCUT2D eigenvalue weighted by Gasteiger charge is -2.32. The maximum atomic E-state index is 12.4. The van der Waals surface area contributed by atoms with Crippen LogP contribution in [-0.2, 0) is 4.79 Å². The fraction of sp³-hybridized carbons (Fsp3) is 0.250. The zero-order valence-electron chi connectivity index (χ0n) is 13.2. The summed E-state index contributed by atoms with van der Waals surface area (Å²) in [5.74, 6) is 0.247. The number of anilines is 2. The summed E-state index contributed by atoms with van der Waals surface area (Å²) in [5.41, 5.74) is 0.856. The second-order valence-corrected chi connectivity index (χ2v) is 6.33. The largest absolute Gasteiger partial charge is 0.342 e. The Kier molecular flexibility index (Phi) is 5.35. The molecule has 2 aromatic rings. The second kappa shape index (κ2) is 7.67. The summed E-state index contributed by atoms with van der Waals surface area (Å²) >= 11 is 12.0. The van der Waals surface area contributed by atoms with Crippen molar-refractivity contribution < 1.29 is 9.59 Å². The number of rotatable bonds is 4. The highest BCUT2D eigenvalue weighted by Gasteiger charge is 2.22. The van der Waals surface area contributed by atoms with Crippen LogP contribution < -0.4 is 5.32 Å². The quantitative estimate of drug-likeness (QED) is 0.825. The molecule has 1 aromatic carbocycles. The molecule has 130 valence electrons. The Bertz CT molecular complexity index is 777. The van der Waals surface area contributed by atoms with Crippen LogP contribution in [0.15, 0.2) is 30.3 Å². The SMILES string of the molecule is O=CN1CCN(C(=O)c2ccc(Nc3cc(Cl)ccc3Cl)nn2)CC1. The van der Waals surface area contributed by atoms with Gasteiger partial charge in [-0.1, -0.05) is 23.2 Å². The number of aromatic nitrogens is 2. The molecule has 1 N–H and O–H groups in total. The number of hydrogen-bond acceptors (Lipinski definition) is 5. The number of halogens is 2. The number of piperazine rings is 1. The minimum Gasteiger partial charge on any atom is -0.342 e. The van der Waals surface area contributed by atoms with Crippen molar-refractivity contribution in [1.82, 2.24) is 20.0 Å². The molecule has 9 heteroatoms. The Hall–Kier alpha value is -2.38. The van der Waals surface area contributed by atoms with Gasteiger partial charge < -0.3 is 15.1 Å². The van der Waals surface area contributed by atoms with Crippen molar-refractivity contribution in [1.29, 1.82) is 0 Å². The fourth-order valence-corrected chi connectivity index (χ4v) is 2.77. The first-order chi connectivity index (χ1) is 12.1. The van der Waals surface area contributed by atoms with Crippen LogP contribution in [0.1, 0.15) is 10.5 Å². The molecule has 1 saturated heterocycles. The summed E-state index contributed by atoms with van der Waals surface area (Å²) in [6, 6.07) is 8.29. The average molecular weight is 380 g/mol. The van der Waals surface area contributed by atoms with Gasteiger partial charge in [0.1, 0.15) is 0 Å². The van der Waals surface area contributed by atoms with Gasteiger partial charge in [-0.2, -0.15) is 0 Å². The van der Waals surface area contributed by atoms with Crippen molar-refractivity contribution >= 4 is 47.0 Å². The van der Waals surface area contributed by atoms with E-state index in [9.17, 15) is 9.59 Å². The Balaban J connectivity index is 1.67. The van der Waals surface area contributed by atoms with Crippen LogP contribution in [0.2, 0.25) is 10.0 Å². The lowest BCUT2D eigenvalue weighted by molar-refractivity contribution is -0.119. The van der Waals surface area contributed by atoms with Crippen molar-refractivity contribution in [2.24, 2.45) is 0 Å². The van der Waals surface area contributed by atoms with Gasteiger partial charge in [0.15, 0.2) is 11.5 Å². The molecule has 0 atom stereocenters. The number of carbonyl (C=O) groups excluding carboxylic acids is 2. The van der Waals surface area contributed by atoms with Gasteiger partial charge in [-0.15, -0.1) is 10.2 Å². The summed E-state index contributed by atoms with van der Waals surface area (Å²) in [7, 11) is 0. The molecule has 0 bridgehead atoms. The Morgan fingerprint density at radius 2 is 1.84 bits per heavy atom. The van der Waals surface area contributed by atoms with Crippen molar-refractivity contribution in [2.45, 2.75) is 0 Å². The lowest BCUT2D eigenvalue weighted by Crippen LogP contribution is -2.48.